The molecule has 0 saturated heterocycles. The lowest BCUT2D eigenvalue weighted by atomic mass is 10.1. The van der Waals surface area contributed by atoms with E-state index in [1.54, 1.807) is 36.4 Å². The fourth-order valence-electron chi connectivity index (χ4n) is 2.02. The minimum atomic E-state index is -0.539. The van der Waals surface area contributed by atoms with Crippen molar-refractivity contribution >= 4 is 52.7 Å². The Morgan fingerprint density at radius 3 is 2.52 bits per heavy atom. The maximum absolute atomic E-state index is 12.0. The standard InChI is InChI=1S/C17H10Cl3NO2/c1-9-2-3-11(6-13(9)19)16-21-15(17(22)23-16)7-10-4-5-12(18)8-14(10)20/h2-8H,1H3/b15-7+. The van der Waals surface area contributed by atoms with Crippen molar-refractivity contribution < 1.29 is 9.53 Å². The fraction of sp³-hybridized carbons (Fsp3) is 0.0588. The molecule has 0 atom stereocenters. The van der Waals surface area contributed by atoms with E-state index in [0.717, 1.165) is 5.56 Å². The molecule has 6 heteroatoms. The molecule has 1 heterocycles. The second kappa shape index (κ2) is 6.36. The molecule has 0 spiro atoms. The summed E-state index contributed by atoms with van der Waals surface area (Å²) in [6.07, 6.45) is 1.56. The number of aliphatic imine (C=N–C) groups is 1. The molecule has 0 radical (unpaired) electrons. The Morgan fingerprint density at radius 1 is 1.04 bits per heavy atom. The van der Waals surface area contributed by atoms with E-state index in [0.29, 0.717) is 26.2 Å². The van der Waals surface area contributed by atoms with Crippen LogP contribution in [0.5, 0.6) is 0 Å². The molecule has 1 aliphatic heterocycles. The van der Waals surface area contributed by atoms with Gasteiger partial charge in [-0.05, 0) is 48.4 Å². The zero-order valence-electron chi connectivity index (χ0n) is 11.9. The van der Waals surface area contributed by atoms with Crippen LogP contribution in [0.2, 0.25) is 15.1 Å². The van der Waals surface area contributed by atoms with Gasteiger partial charge < -0.3 is 4.74 Å². The van der Waals surface area contributed by atoms with E-state index in [9.17, 15) is 4.79 Å². The normalized spacial score (nSPS) is 15.7. The third-order valence-electron chi connectivity index (χ3n) is 3.29. The molecule has 0 aromatic heterocycles. The van der Waals surface area contributed by atoms with Gasteiger partial charge in [-0.3, -0.25) is 0 Å². The summed E-state index contributed by atoms with van der Waals surface area (Å²) in [7, 11) is 0. The molecule has 0 bridgehead atoms. The zero-order chi connectivity index (χ0) is 16.6. The van der Waals surface area contributed by atoms with Crippen LogP contribution in [-0.2, 0) is 9.53 Å². The third-order valence-corrected chi connectivity index (χ3v) is 4.26. The molecule has 116 valence electrons. The van der Waals surface area contributed by atoms with Crippen molar-refractivity contribution in [1.82, 2.24) is 0 Å². The van der Waals surface area contributed by atoms with Crippen molar-refractivity contribution in [3.05, 3.63) is 73.9 Å². The number of halogens is 3. The molecule has 2 aromatic carbocycles. The number of aryl methyl sites for hydroxylation is 1. The van der Waals surface area contributed by atoms with E-state index >= 15 is 0 Å². The average Bonchev–Trinajstić information content (AvgIpc) is 2.86. The monoisotopic (exact) mass is 365 g/mol. The van der Waals surface area contributed by atoms with Crippen molar-refractivity contribution in [2.24, 2.45) is 4.99 Å². The first-order chi connectivity index (χ1) is 10.9. The number of nitrogens with zero attached hydrogens (tertiary/aromatic N) is 1. The van der Waals surface area contributed by atoms with Crippen LogP contribution in [0.4, 0.5) is 0 Å². The molecule has 0 N–H and O–H groups in total. The molecule has 2 aromatic rings. The number of ether oxygens (including phenoxy) is 1. The summed E-state index contributed by atoms with van der Waals surface area (Å²) >= 11 is 18.0. The quantitative estimate of drug-likeness (QED) is 0.534. The fourth-order valence-corrected chi connectivity index (χ4v) is 2.67. The molecule has 0 amide bonds. The number of rotatable bonds is 2. The lowest BCUT2D eigenvalue weighted by molar-refractivity contribution is -0.129. The van der Waals surface area contributed by atoms with E-state index in [-0.39, 0.29) is 11.6 Å². The van der Waals surface area contributed by atoms with Crippen LogP contribution in [0.1, 0.15) is 16.7 Å². The molecule has 1 aliphatic rings. The van der Waals surface area contributed by atoms with E-state index in [1.165, 1.54) is 0 Å². The van der Waals surface area contributed by atoms with Gasteiger partial charge in [0.25, 0.3) is 0 Å². The SMILES string of the molecule is Cc1ccc(C2=N/C(=C/c3ccc(Cl)cc3Cl)C(=O)O2)cc1Cl. The Labute approximate surface area is 148 Å². The summed E-state index contributed by atoms with van der Waals surface area (Å²) in [6.45, 7) is 1.89. The molecule has 0 saturated carbocycles. The van der Waals surface area contributed by atoms with Crippen molar-refractivity contribution in [2.45, 2.75) is 6.92 Å². The second-order valence-corrected chi connectivity index (χ2v) is 6.22. The number of esters is 1. The highest BCUT2D eigenvalue weighted by molar-refractivity contribution is 6.35. The van der Waals surface area contributed by atoms with Crippen molar-refractivity contribution in [1.29, 1.82) is 0 Å². The number of hydrogen-bond acceptors (Lipinski definition) is 3. The smallest absolute Gasteiger partial charge is 0.363 e. The Balaban J connectivity index is 1.97. The molecule has 23 heavy (non-hydrogen) atoms. The molecule has 3 nitrogen and oxygen atoms in total. The number of hydrogen-bond donors (Lipinski definition) is 0. The van der Waals surface area contributed by atoms with Gasteiger partial charge in [0, 0.05) is 20.6 Å². The molecular formula is C17H10Cl3NO2. The summed E-state index contributed by atoms with van der Waals surface area (Å²) in [5.74, 6) is -0.323. The van der Waals surface area contributed by atoms with Gasteiger partial charge in [0.15, 0.2) is 5.70 Å². The largest absolute Gasteiger partial charge is 0.402 e. The van der Waals surface area contributed by atoms with Crippen molar-refractivity contribution in [3.63, 3.8) is 0 Å². The van der Waals surface area contributed by atoms with Crippen LogP contribution in [0.3, 0.4) is 0 Å². The number of benzene rings is 2. The first-order valence-electron chi connectivity index (χ1n) is 6.68. The third kappa shape index (κ3) is 3.42. The van der Waals surface area contributed by atoms with Gasteiger partial charge in [0.1, 0.15) is 0 Å². The van der Waals surface area contributed by atoms with Crippen molar-refractivity contribution in [2.75, 3.05) is 0 Å². The van der Waals surface area contributed by atoms with Crippen LogP contribution in [0.25, 0.3) is 6.08 Å². The van der Waals surface area contributed by atoms with Gasteiger partial charge in [0.2, 0.25) is 5.90 Å². The first kappa shape index (κ1) is 16.1. The van der Waals surface area contributed by atoms with Crippen LogP contribution in [0.15, 0.2) is 47.1 Å². The number of carbonyl (C=O) groups is 1. The summed E-state index contributed by atoms with van der Waals surface area (Å²) in [6, 6.07) is 10.3. The Hall–Kier alpha value is -1.81. The first-order valence-corrected chi connectivity index (χ1v) is 7.81. The average molecular weight is 367 g/mol. The van der Waals surface area contributed by atoms with Crippen LogP contribution in [-0.4, -0.2) is 11.9 Å². The molecule has 0 fully saturated rings. The lowest BCUT2D eigenvalue weighted by Gasteiger charge is -2.02. The summed E-state index contributed by atoms with van der Waals surface area (Å²) in [5, 5.41) is 1.53. The van der Waals surface area contributed by atoms with Gasteiger partial charge in [-0.2, -0.15) is 0 Å². The summed E-state index contributed by atoms with van der Waals surface area (Å²) in [4.78, 5) is 16.2. The highest BCUT2D eigenvalue weighted by atomic mass is 35.5. The van der Waals surface area contributed by atoms with E-state index in [4.69, 9.17) is 39.5 Å². The van der Waals surface area contributed by atoms with E-state index in [2.05, 4.69) is 4.99 Å². The molecular weight excluding hydrogens is 357 g/mol. The van der Waals surface area contributed by atoms with Crippen LogP contribution < -0.4 is 0 Å². The Kier molecular flexibility index (Phi) is 4.44. The second-order valence-electron chi connectivity index (χ2n) is 4.97. The maximum Gasteiger partial charge on any atom is 0.363 e. The van der Waals surface area contributed by atoms with E-state index in [1.807, 2.05) is 13.0 Å². The summed E-state index contributed by atoms with van der Waals surface area (Å²) in [5.41, 5.74) is 2.37. The Morgan fingerprint density at radius 2 is 1.83 bits per heavy atom. The lowest BCUT2D eigenvalue weighted by Crippen LogP contribution is -2.05. The minimum Gasteiger partial charge on any atom is -0.402 e. The molecule has 0 unspecified atom stereocenters. The minimum absolute atomic E-state index is 0.168. The van der Waals surface area contributed by atoms with Crippen LogP contribution >= 0.6 is 34.8 Å². The predicted molar refractivity (Wildman–Crippen MR) is 93.3 cm³/mol. The van der Waals surface area contributed by atoms with Gasteiger partial charge in [-0.15, -0.1) is 0 Å². The maximum atomic E-state index is 12.0. The topological polar surface area (TPSA) is 38.7 Å². The van der Waals surface area contributed by atoms with Gasteiger partial charge in [-0.1, -0.05) is 46.9 Å². The number of carbonyl (C=O) groups excluding carboxylic acids is 1. The molecule has 3 rings (SSSR count). The zero-order valence-corrected chi connectivity index (χ0v) is 14.2. The predicted octanol–water partition coefficient (Wildman–Crippen LogP) is 5.30. The van der Waals surface area contributed by atoms with E-state index < -0.39 is 5.97 Å². The number of cyclic esters (lactones) is 1. The van der Waals surface area contributed by atoms with Gasteiger partial charge >= 0.3 is 5.97 Å². The molecule has 0 aliphatic carbocycles. The highest BCUT2D eigenvalue weighted by Gasteiger charge is 2.24. The Bertz CT molecular complexity index is 872. The summed E-state index contributed by atoms with van der Waals surface area (Å²) < 4.78 is 5.21. The van der Waals surface area contributed by atoms with Gasteiger partial charge in [-0.25, -0.2) is 9.79 Å². The van der Waals surface area contributed by atoms with Crippen LogP contribution in [0, 0.1) is 6.92 Å². The van der Waals surface area contributed by atoms with Crippen molar-refractivity contribution in [3.8, 4) is 0 Å². The van der Waals surface area contributed by atoms with Gasteiger partial charge in [0.05, 0.1) is 0 Å². The highest BCUT2D eigenvalue weighted by Crippen LogP contribution is 2.26.